The van der Waals surface area contributed by atoms with E-state index in [4.69, 9.17) is 0 Å². The van der Waals surface area contributed by atoms with Gasteiger partial charge in [0.2, 0.25) is 0 Å². The molecule has 0 saturated carbocycles. The van der Waals surface area contributed by atoms with Gasteiger partial charge in [-0.25, -0.2) is 0 Å². The zero-order chi connectivity index (χ0) is 67.9. The van der Waals surface area contributed by atoms with Crippen molar-refractivity contribution in [1.82, 2.24) is 0 Å². The van der Waals surface area contributed by atoms with Gasteiger partial charge in [-0.15, -0.1) is 136 Å². The summed E-state index contributed by atoms with van der Waals surface area (Å²) in [7, 11) is 0. The van der Waals surface area contributed by atoms with Crippen LogP contribution in [0.5, 0.6) is 0 Å². The summed E-state index contributed by atoms with van der Waals surface area (Å²) < 4.78 is 0. The van der Waals surface area contributed by atoms with Crippen molar-refractivity contribution >= 4 is 74.7 Å². The third-order valence-electron chi connectivity index (χ3n) is 18.6. The summed E-state index contributed by atoms with van der Waals surface area (Å²) in [6, 6.07) is 70.9. The van der Waals surface area contributed by atoms with Crippen LogP contribution in [0.3, 0.4) is 0 Å². The fourth-order valence-corrected chi connectivity index (χ4v) is 20.3. The molecule has 0 fully saturated rings. The summed E-state index contributed by atoms with van der Waals surface area (Å²) in [6.45, 7) is 54.1. The Labute approximate surface area is 611 Å². The van der Waals surface area contributed by atoms with Crippen LogP contribution in [0.4, 0.5) is 0 Å². The van der Waals surface area contributed by atoms with E-state index in [0.29, 0.717) is 0 Å². The number of benzene rings is 8. The number of aryl methyl sites for hydroxylation is 12. The van der Waals surface area contributed by atoms with Gasteiger partial charge in [0.25, 0.3) is 0 Å². The first-order chi connectivity index (χ1) is 43.0. The van der Waals surface area contributed by atoms with Crippen LogP contribution in [0.25, 0.3) is 43.1 Å². The van der Waals surface area contributed by atoms with Gasteiger partial charge >= 0.3 is 200 Å². The van der Waals surface area contributed by atoms with Gasteiger partial charge in [-0.05, 0) is 21.7 Å². The average molecular weight is 1470 g/mol. The van der Waals surface area contributed by atoms with Crippen molar-refractivity contribution in [3.63, 3.8) is 0 Å². The van der Waals surface area contributed by atoms with Gasteiger partial charge in [0.1, 0.15) is 0 Å². The molecule has 0 N–H and O–H groups in total. The van der Waals surface area contributed by atoms with Crippen LogP contribution in [-0.2, 0) is 68.3 Å². The van der Waals surface area contributed by atoms with Crippen LogP contribution >= 0.6 is 0 Å². The number of halogens is 2. The molecule has 0 amide bonds. The molecule has 0 aliphatic rings. The first-order valence-electron chi connectivity index (χ1n) is 33.1. The van der Waals surface area contributed by atoms with Crippen molar-refractivity contribution < 1.29 is 71.5 Å². The normalized spacial score (nSPS) is 11.4. The van der Waals surface area contributed by atoms with Crippen LogP contribution < -0.4 is 45.6 Å². The first kappa shape index (κ1) is 79.7. The van der Waals surface area contributed by atoms with Crippen molar-refractivity contribution in [3.8, 4) is 0 Å². The minimum absolute atomic E-state index is 0. The third-order valence-corrected chi connectivity index (χ3v) is 30.8. The van der Waals surface area contributed by atoms with Crippen molar-refractivity contribution in [2.75, 3.05) is 0 Å². The zero-order valence-electron chi connectivity index (χ0n) is 61.2. The van der Waals surface area contributed by atoms with Gasteiger partial charge in [0.05, 0.1) is 0 Å². The van der Waals surface area contributed by atoms with E-state index in [0.717, 1.165) is 0 Å². The molecule has 6 heteroatoms. The van der Waals surface area contributed by atoms with Gasteiger partial charge in [-0.1, -0.05) is 213 Å². The van der Waals surface area contributed by atoms with E-state index >= 15 is 0 Å². The predicted molar refractivity (Wildman–Crippen MR) is 406 cm³/mol. The van der Waals surface area contributed by atoms with Crippen LogP contribution in [0.15, 0.2) is 194 Å². The number of rotatable bonds is 4. The quantitative estimate of drug-likeness (QED) is 0.122. The molecule has 12 aromatic carbocycles. The van der Waals surface area contributed by atoms with E-state index in [1.807, 2.05) is 0 Å². The van der Waals surface area contributed by atoms with Crippen LogP contribution in [0, 0.1) is 83.1 Å². The third kappa shape index (κ3) is 19.2. The van der Waals surface area contributed by atoms with E-state index in [1.54, 1.807) is 46.7 Å². The molecule has 0 aliphatic carbocycles. The van der Waals surface area contributed by atoms with Crippen LogP contribution in [-0.4, -0.2) is 10.9 Å². The molecule has 488 valence electrons. The molecule has 0 aromatic heterocycles. The van der Waals surface area contributed by atoms with Crippen molar-refractivity contribution in [1.29, 1.82) is 0 Å². The number of hydrogen-bond donors (Lipinski definition) is 0. The summed E-state index contributed by atoms with van der Waals surface area (Å²) in [6.07, 6.45) is 0. The molecule has 0 heterocycles. The van der Waals surface area contributed by atoms with Gasteiger partial charge in [0.15, 0.2) is 0 Å². The fraction of sp³-hybridized carbons (Fsp3) is 0.318. The number of fused-ring (bicyclic) bond motifs is 4. The SMILES string of the molecule is Cc1[cH-]c2c(C)ccc(C(C)(C)C)c2c1C.Cc1[cH-]c2c(C)ccc(C(C)(C)C)c2c1C.Cc1[cH-]c2c(C)ccc(C(C)(C)C)c2c1C.Cc1[cH-]c2c(C)ccc(C(C)(C)C)c2c1C.[Cl-].[Cl-].[Zr+2]=[Si](c1ccccc1)c1ccccc1.[Zr+2]=[Si](c1ccccc1)c1ccccc1. The molecule has 0 atom stereocenters. The van der Waals surface area contributed by atoms with E-state index in [1.165, 1.54) is 153 Å². The minimum atomic E-state index is -0.455. The van der Waals surface area contributed by atoms with Crippen LogP contribution in [0.2, 0.25) is 0 Å². The molecule has 12 aromatic rings. The Balaban J connectivity index is 0.000000204. The summed E-state index contributed by atoms with van der Waals surface area (Å²) in [5.41, 5.74) is 22.8. The Kier molecular flexibility index (Phi) is 28.4. The predicted octanol–water partition coefficient (Wildman–Crippen LogP) is 15.8. The molecule has 0 nitrogen and oxygen atoms in total. The van der Waals surface area contributed by atoms with E-state index in [-0.39, 0.29) is 46.5 Å². The molecule has 0 aliphatic heterocycles. The van der Waals surface area contributed by atoms with Crippen LogP contribution in [0.1, 0.15) is 172 Å². The average Bonchev–Trinajstić information content (AvgIpc) is 1.61. The fourth-order valence-electron chi connectivity index (χ4n) is 12.6. The maximum absolute atomic E-state index is 2.33. The van der Waals surface area contributed by atoms with Gasteiger partial charge in [-0.3, -0.25) is 0 Å². The van der Waals surface area contributed by atoms with Crippen molar-refractivity contribution in [3.05, 3.63) is 283 Å². The maximum atomic E-state index is 2.33. The molecule has 0 unspecified atom stereocenters. The van der Waals surface area contributed by atoms with E-state index in [2.05, 4.69) is 360 Å². The summed E-state index contributed by atoms with van der Waals surface area (Å²) in [5, 5.41) is 17.7. The Morgan fingerprint density at radius 3 is 0.553 bits per heavy atom. The Morgan fingerprint density at radius 1 is 0.245 bits per heavy atom. The zero-order valence-corrected chi connectivity index (χ0v) is 69.7. The topological polar surface area (TPSA) is 0 Å². The molecule has 12 rings (SSSR count). The molecular weight excluding hydrogens is 1370 g/mol. The summed E-state index contributed by atoms with van der Waals surface area (Å²) in [4.78, 5) is 0. The van der Waals surface area contributed by atoms with Gasteiger partial charge in [0, 0.05) is 0 Å². The summed E-state index contributed by atoms with van der Waals surface area (Å²) in [5.74, 6) is 0. The molecular formula is C88H104Cl2Si2Zr2-2. The molecule has 0 spiro atoms. The monoisotopic (exact) mass is 1470 g/mol. The Morgan fingerprint density at radius 2 is 0.404 bits per heavy atom. The van der Waals surface area contributed by atoms with E-state index in [9.17, 15) is 0 Å². The van der Waals surface area contributed by atoms with Gasteiger partial charge < -0.3 is 24.8 Å². The summed E-state index contributed by atoms with van der Waals surface area (Å²) >= 11 is 3.29. The standard InChI is InChI=1S/4C16H21.2C12H10Si.2ClH.2Zr/c4*1-10-7-8-14(16(4,5)6)15-12(3)11(2)9-13(10)15;2*1-3-7-11(8-4-1)13-12-9-5-2-6-10-12;;;;/h4*7-9H,1-6H3;2*1-10H;2*1H;;/q4*-1;;;;;2*+2/p-2. The van der Waals surface area contributed by atoms with E-state index < -0.39 is 10.9 Å². The first-order valence-corrected chi connectivity index (χ1v) is 43.5. The van der Waals surface area contributed by atoms with Gasteiger partial charge in [-0.2, -0.15) is 22.3 Å². The molecule has 0 radical (unpaired) electrons. The molecule has 0 saturated heterocycles. The molecule has 94 heavy (non-hydrogen) atoms. The molecule has 0 bridgehead atoms. The number of hydrogen-bond acceptors (Lipinski definition) is 0. The Hall–Kier alpha value is -5.02. The van der Waals surface area contributed by atoms with Crippen molar-refractivity contribution in [2.45, 2.75) is 188 Å². The second-order valence-electron chi connectivity index (χ2n) is 29.9. The van der Waals surface area contributed by atoms with Crippen molar-refractivity contribution in [2.24, 2.45) is 0 Å². The second-order valence-corrected chi connectivity index (χ2v) is 41.1. The second kappa shape index (κ2) is 33.5. The Bertz CT molecular complexity index is 3920.